The van der Waals surface area contributed by atoms with Gasteiger partial charge in [0.15, 0.2) is 0 Å². The third-order valence-corrected chi connectivity index (χ3v) is 14.0. The van der Waals surface area contributed by atoms with E-state index in [2.05, 4.69) is 161 Å². The quantitative estimate of drug-likeness (QED) is 0.173. The number of hydrogen-bond acceptors (Lipinski definition) is 3. The van der Waals surface area contributed by atoms with Crippen molar-refractivity contribution in [2.24, 2.45) is 0 Å². The Bertz CT molecular complexity index is 4360. The van der Waals surface area contributed by atoms with Crippen LogP contribution in [-0.4, -0.2) is 23.7 Å². The summed E-state index contributed by atoms with van der Waals surface area (Å²) in [6.45, 7) is 0. The fourth-order valence-electron chi connectivity index (χ4n) is 10.2. The zero-order valence-corrected chi connectivity index (χ0v) is 34.9. The summed E-state index contributed by atoms with van der Waals surface area (Å²) < 4.78 is 45.1. The average Bonchev–Trinajstić information content (AvgIpc) is 4.14. The fourth-order valence-corrected chi connectivity index (χ4v) is 11.4. The topological polar surface area (TPSA) is 40.6 Å². The van der Waals surface area contributed by atoms with Crippen molar-refractivity contribution in [1.82, 2.24) is 23.7 Å². The Kier molecular flexibility index (Phi) is 6.69. The first-order valence-corrected chi connectivity index (χ1v) is 22.2. The molecule has 0 spiro atoms. The molecule has 64 heavy (non-hydrogen) atoms. The van der Waals surface area contributed by atoms with E-state index in [0.29, 0.717) is 33.3 Å². The van der Waals surface area contributed by atoms with Gasteiger partial charge in [-0.2, -0.15) is 4.98 Å². The van der Waals surface area contributed by atoms with Gasteiger partial charge < -0.3 is 4.57 Å². The number of hydrogen-bond donors (Lipinski definition) is 0. The molecule has 0 aliphatic heterocycles. The minimum absolute atomic E-state index is 0.106. The van der Waals surface area contributed by atoms with Crippen molar-refractivity contribution in [1.29, 1.82) is 0 Å². The highest BCUT2D eigenvalue weighted by Gasteiger charge is 2.25. The Hall–Kier alpha value is -8.32. The molecule has 298 valence electrons. The van der Waals surface area contributed by atoms with Crippen LogP contribution in [0.1, 0.15) is 5.48 Å². The van der Waals surface area contributed by atoms with Crippen molar-refractivity contribution in [3.63, 3.8) is 0 Å². The lowest BCUT2D eigenvalue weighted by Gasteiger charge is -2.20. The molecule has 0 saturated heterocycles. The van der Waals surface area contributed by atoms with Crippen molar-refractivity contribution in [2.45, 2.75) is 0 Å². The molecule has 0 aliphatic carbocycles. The van der Waals surface area contributed by atoms with Gasteiger partial charge in [0.2, 0.25) is 5.95 Å². The second-order valence-corrected chi connectivity index (χ2v) is 17.3. The molecule has 5 heterocycles. The average molecular weight is 838 g/mol. The molecule has 0 atom stereocenters. The molecule has 6 heteroatoms. The molecule has 0 N–H and O–H groups in total. The van der Waals surface area contributed by atoms with E-state index in [4.69, 9.17) is 12.7 Å². The summed E-state index contributed by atoms with van der Waals surface area (Å²) in [5.74, 6) is 0.885. The minimum Gasteiger partial charge on any atom is -0.309 e. The maximum atomic E-state index is 9.45. The van der Waals surface area contributed by atoms with E-state index in [0.717, 1.165) is 66.0 Å². The van der Waals surface area contributed by atoms with Gasteiger partial charge in [0.1, 0.15) is 5.82 Å². The van der Waals surface area contributed by atoms with Crippen molar-refractivity contribution in [3.8, 4) is 39.8 Å². The smallest absolute Gasteiger partial charge is 0.237 e. The molecule has 5 aromatic heterocycles. The Morgan fingerprint density at radius 3 is 1.55 bits per heavy atom. The second-order valence-electron chi connectivity index (χ2n) is 16.2. The van der Waals surface area contributed by atoms with Crippen molar-refractivity contribution >= 4 is 96.9 Å². The highest BCUT2D eigenvalue weighted by molar-refractivity contribution is 7.26. The highest BCUT2D eigenvalue weighted by atomic mass is 32.1. The summed E-state index contributed by atoms with van der Waals surface area (Å²) in [4.78, 5) is 11.2. The van der Waals surface area contributed by atoms with Crippen LogP contribution in [-0.2, 0) is 0 Å². The Balaban J connectivity index is 1.19. The standard InChI is InChI=1S/C58H35N5S/c1-8-27-47-36(17-1)37-18-2-9-28-48(37)61(47)53-33-16-24-43(45-26-15-25-44-42-23-7-14-34-54(42)64-57(44)45)56(53)46-35-55(62-49-29-10-3-19-38(49)39-20-4-11-30-50(39)62)60-58(59-46)63-51-31-12-5-21-40(51)41-22-6-13-32-52(41)63/h1-35H/i5D,12D,21D,31D. The third kappa shape index (κ3) is 5.00. The Morgan fingerprint density at radius 1 is 0.391 bits per heavy atom. The molecule has 0 radical (unpaired) electrons. The van der Waals surface area contributed by atoms with Crippen molar-refractivity contribution in [2.75, 3.05) is 0 Å². The van der Waals surface area contributed by atoms with Gasteiger partial charge in [-0.25, -0.2) is 4.98 Å². The summed E-state index contributed by atoms with van der Waals surface area (Å²) in [5.41, 5.74) is 9.57. The van der Waals surface area contributed by atoms with Crippen LogP contribution >= 0.6 is 11.3 Å². The fraction of sp³-hybridized carbons (Fsp3) is 0. The van der Waals surface area contributed by atoms with Crippen LogP contribution in [0.3, 0.4) is 0 Å². The molecule has 0 saturated carbocycles. The number of nitrogens with zero attached hydrogens (tertiary/aromatic N) is 5. The molecule has 14 rings (SSSR count). The molecule has 9 aromatic carbocycles. The summed E-state index contributed by atoms with van der Waals surface area (Å²) in [5, 5.41) is 7.94. The summed E-state index contributed by atoms with van der Waals surface area (Å²) in [7, 11) is 0. The van der Waals surface area contributed by atoms with Crippen molar-refractivity contribution < 1.29 is 5.48 Å². The van der Waals surface area contributed by atoms with Crippen LogP contribution in [0.25, 0.3) is 125 Å². The van der Waals surface area contributed by atoms with Gasteiger partial charge in [-0.1, -0.05) is 158 Å². The maximum Gasteiger partial charge on any atom is 0.237 e. The Morgan fingerprint density at radius 2 is 0.891 bits per heavy atom. The second kappa shape index (κ2) is 13.6. The van der Waals surface area contributed by atoms with Gasteiger partial charge in [-0.3, -0.25) is 9.13 Å². The van der Waals surface area contributed by atoms with E-state index in [1.54, 1.807) is 11.3 Å². The summed E-state index contributed by atoms with van der Waals surface area (Å²) >= 11 is 1.79. The first-order valence-electron chi connectivity index (χ1n) is 23.3. The predicted molar refractivity (Wildman–Crippen MR) is 269 cm³/mol. The van der Waals surface area contributed by atoms with E-state index in [9.17, 15) is 2.74 Å². The minimum atomic E-state index is -0.319. The van der Waals surface area contributed by atoms with Crippen LogP contribution in [0.5, 0.6) is 0 Å². The predicted octanol–water partition coefficient (Wildman–Crippen LogP) is 15.5. The van der Waals surface area contributed by atoms with Gasteiger partial charge >= 0.3 is 0 Å². The lowest BCUT2D eigenvalue weighted by molar-refractivity contribution is 0.951. The van der Waals surface area contributed by atoms with E-state index in [1.165, 1.54) is 20.2 Å². The Labute approximate surface area is 376 Å². The maximum absolute atomic E-state index is 9.45. The zero-order valence-electron chi connectivity index (χ0n) is 38.0. The van der Waals surface area contributed by atoms with Gasteiger partial charge in [-0.15, -0.1) is 11.3 Å². The van der Waals surface area contributed by atoms with Gasteiger partial charge in [0, 0.05) is 69.7 Å². The van der Waals surface area contributed by atoms with Crippen LogP contribution in [0, 0.1) is 0 Å². The monoisotopic (exact) mass is 837 g/mol. The SMILES string of the molecule is [2H]c1c([2H])c([2H])c2c(c1[2H])c1ccccc1n2-c1nc(-c2c(-c3cccc4c3sc3ccccc34)cccc2-n2c3ccccc3c3ccccc32)cc(-n2c3ccccc3c3ccccc32)n1. The summed E-state index contributed by atoms with van der Waals surface area (Å²) in [6.07, 6.45) is 0. The van der Waals surface area contributed by atoms with E-state index < -0.39 is 0 Å². The largest absolute Gasteiger partial charge is 0.309 e. The first-order chi connectivity index (χ1) is 33.4. The molecule has 14 aromatic rings. The number of benzene rings is 9. The molecule has 0 unspecified atom stereocenters. The van der Waals surface area contributed by atoms with Crippen LogP contribution in [0.15, 0.2) is 212 Å². The van der Waals surface area contributed by atoms with Crippen LogP contribution < -0.4 is 0 Å². The molecule has 0 bridgehead atoms. The summed E-state index contributed by atoms with van der Waals surface area (Å²) in [6, 6.07) is 64.4. The number of fused-ring (bicyclic) bond motifs is 12. The van der Waals surface area contributed by atoms with Gasteiger partial charge in [0.05, 0.1) is 50.0 Å². The first kappa shape index (κ1) is 31.5. The lowest BCUT2D eigenvalue weighted by atomic mass is 9.94. The number of aromatic nitrogens is 5. The molecule has 0 aliphatic rings. The van der Waals surface area contributed by atoms with Crippen LogP contribution in [0.2, 0.25) is 0 Å². The third-order valence-electron chi connectivity index (χ3n) is 12.8. The molecular formula is C58H35N5S. The lowest BCUT2D eigenvalue weighted by Crippen LogP contribution is -2.09. The number of rotatable bonds is 5. The van der Waals surface area contributed by atoms with E-state index >= 15 is 0 Å². The number of para-hydroxylation sites is 6. The molecule has 0 fully saturated rings. The van der Waals surface area contributed by atoms with E-state index in [-0.39, 0.29) is 30.1 Å². The normalized spacial score (nSPS) is 12.9. The molecule has 5 nitrogen and oxygen atoms in total. The zero-order chi connectivity index (χ0) is 45.4. The van der Waals surface area contributed by atoms with Gasteiger partial charge in [0.25, 0.3) is 0 Å². The van der Waals surface area contributed by atoms with Crippen molar-refractivity contribution in [3.05, 3.63) is 212 Å². The van der Waals surface area contributed by atoms with E-state index in [1.807, 2.05) is 41.0 Å². The number of thiophene rings is 1. The molecular weight excluding hydrogens is 799 g/mol. The van der Waals surface area contributed by atoms with Crippen LogP contribution in [0.4, 0.5) is 0 Å². The molecule has 0 amide bonds. The van der Waals surface area contributed by atoms with Gasteiger partial charge in [-0.05, 0) is 54.1 Å². The highest BCUT2D eigenvalue weighted by Crippen LogP contribution is 2.46.